The monoisotopic (exact) mass is 450 g/mol. The Bertz CT molecular complexity index is 1490. The van der Waals surface area contributed by atoms with Crippen molar-refractivity contribution < 1.29 is 9.53 Å². The first-order valence-electron chi connectivity index (χ1n) is 11.1. The molecule has 0 bridgehead atoms. The van der Waals surface area contributed by atoms with Gasteiger partial charge < -0.3 is 15.0 Å². The topological polar surface area (TPSA) is 84.7 Å². The smallest absolute Gasteiger partial charge is 0.214 e. The molecule has 5 aromatic rings. The highest BCUT2D eigenvalue weighted by atomic mass is 16.5. The molecule has 8 nitrogen and oxygen atoms in total. The SMILES string of the molecule is COc1ccc(-c2nnc3c4ccccc4c(Nc4ccc(N(C=O)C5CC5)cc4)nn23)cc1. The highest BCUT2D eigenvalue weighted by Gasteiger charge is 2.29. The van der Waals surface area contributed by atoms with Crippen LogP contribution in [0.4, 0.5) is 17.2 Å². The molecule has 6 rings (SSSR count). The van der Waals surface area contributed by atoms with Crippen molar-refractivity contribution in [1.82, 2.24) is 19.8 Å². The normalized spacial score (nSPS) is 13.2. The summed E-state index contributed by atoms with van der Waals surface area (Å²) in [5, 5.41) is 19.1. The summed E-state index contributed by atoms with van der Waals surface area (Å²) in [6.07, 6.45) is 3.03. The summed E-state index contributed by atoms with van der Waals surface area (Å²) in [5.74, 6) is 2.12. The molecule has 1 N–H and O–H groups in total. The van der Waals surface area contributed by atoms with Crippen LogP contribution in [0.25, 0.3) is 27.8 Å². The first-order chi connectivity index (χ1) is 16.7. The number of carbonyl (C=O) groups is 1. The largest absolute Gasteiger partial charge is 0.497 e. The van der Waals surface area contributed by atoms with Gasteiger partial charge in [0.25, 0.3) is 0 Å². The Morgan fingerprint density at radius 3 is 2.38 bits per heavy atom. The van der Waals surface area contributed by atoms with E-state index in [1.165, 1.54) is 0 Å². The van der Waals surface area contributed by atoms with Crippen LogP contribution in [0, 0.1) is 0 Å². The van der Waals surface area contributed by atoms with Gasteiger partial charge in [0, 0.05) is 33.8 Å². The maximum absolute atomic E-state index is 11.5. The molecule has 1 saturated carbocycles. The Morgan fingerprint density at radius 1 is 0.971 bits per heavy atom. The van der Waals surface area contributed by atoms with Crippen LogP contribution in [0.5, 0.6) is 5.75 Å². The highest BCUT2D eigenvalue weighted by Crippen LogP contribution is 2.33. The Morgan fingerprint density at radius 2 is 1.71 bits per heavy atom. The van der Waals surface area contributed by atoms with Crippen LogP contribution in [-0.2, 0) is 4.79 Å². The number of aromatic nitrogens is 4. The average Bonchev–Trinajstić information content (AvgIpc) is 3.63. The molecule has 0 atom stereocenters. The summed E-state index contributed by atoms with van der Waals surface area (Å²) in [6, 6.07) is 23.8. The van der Waals surface area contributed by atoms with E-state index >= 15 is 0 Å². The standard InChI is InChI=1S/C26H22N6O2/c1-34-21-14-6-17(7-15-21)25-28-29-26-23-5-3-2-4-22(23)24(30-32(25)26)27-18-8-10-19(11-9-18)31(16-33)20-12-13-20/h2-11,14-16,20H,12-13H2,1H3,(H,27,30). The molecule has 168 valence electrons. The second-order valence-corrected chi connectivity index (χ2v) is 8.30. The third-order valence-corrected chi connectivity index (χ3v) is 6.09. The lowest BCUT2D eigenvalue weighted by molar-refractivity contribution is -0.107. The van der Waals surface area contributed by atoms with E-state index in [1.807, 2.05) is 72.8 Å². The number of rotatable bonds is 7. The van der Waals surface area contributed by atoms with Crippen LogP contribution in [-0.4, -0.2) is 39.4 Å². The van der Waals surface area contributed by atoms with Gasteiger partial charge in [-0.2, -0.15) is 4.52 Å². The fraction of sp³-hybridized carbons (Fsp3) is 0.154. The predicted molar refractivity (Wildman–Crippen MR) is 132 cm³/mol. The van der Waals surface area contributed by atoms with Crippen molar-refractivity contribution in [3.63, 3.8) is 0 Å². The maximum atomic E-state index is 11.5. The minimum absolute atomic E-state index is 0.328. The second-order valence-electron chi connectivity index (χ2n) is 8.30. The molecular formula is C26H22N6O2. The number of benzene rings is 3. The molecule has 1 aliphatic rings. The molecule has 1 amide bonds. The van der Waals surface area contributed by atoms with Crippen LogP contribution in [0.1, 0.15) is 12.8 Å². The minimum Gasteiger partial charge on any atom is -0.497 e. The minimum atomic E-state index is 0.328. The third kappa shape index (κ3) is 3.49. The number of anilines is 3. The van der Waals surface area contributed by atoms with E-state index < -0.39 is 0 Å². The molecule has 0 radical (unpaired) electrons. The Balaban J connectivity index is 1.41. The number of hydrogen-bond donors (Lipinski definition) is 1. The highest BCUT2D eigenvalue weighted by molar-refractivity contribution is 6.01. The zero-order chi connectivity index (χ0) is 23.1. The van der Waals surface area contributed by atoms with E-state index in [-0.39, 0.29) is 0 Å². The van der Waals surface area contributed by atoms with Crippen molar-refractivity contribution in [3.05, 3.63) is 72.8 Å². The quantitative estimate of drug-likeness (QED) is 0.358. The molecule has 3 aromatic carbocycles. The summed E-state index contributed by atoms with van der Waals surface area (Å²) in [4.78, 5) is 13.3. The van der Waals surface area contributed by atoms with Gasteiger partial charge >= 0.3 is 0 Å². The number of nitrogens with one attached hydrogen (secondary N) is 1. The number of methoxy groups -OCH3 is 1. The van der Waals surface area contributed by atoms with E-state index in [0.717, 1.165) is 52.7 Å². The van der Waals surface area contributed by atoms with Gasteiger partial charge in [0.15, 0.2) is 17.3 Å². The van der Waals surface area contributed by atoms with Crippen molar-refractivity contribution in [2.45, 2.75) is 18.9 Å². The van der Waals surface area contributed by atoms with E-state index in [9.17, 15) is 4.79 Å². The van der Waals surface area contributed by atoms with Crippen LogP contribution in [0.15, 0.2) is 72.8 Å². The van der Waals surface area contributed by atoms with Gasteiger partial charge in [-0.05, 0) is 61.4 Å². The fourth-order valence-electron chi connectivity index (χ4n) is 4.16. The number of amides is 1. The summed E-state index contributed by atoms with van der Waals surface area (Å²) in [7, 11) is 1.64. The van der Waals surface area contributed by atoms with E-state index in [0.29, 0.717) is 23.3 Å². The molecule has 0 spiro atoms. The lowest BCUT2D eigenvalue weighted by atomic mass is 10.1. The summed E-state index contributed by atoms with van der Waals surface area (Å²) >= 11 is 0. The van der Waals surface area contributed by atoms with Gasteiger partial charge in [-0.25, -0.2) is 0 Å². The summed E-state index contributed by atoms with van der Waals surface area (Å²) < 4.78 is 7.04. The van der Waals surface area contributed by atoms with Crippen molar-refractivity contribution in [2.24, 2.45) is 0 Å². The molecule has 0 aliphatic heterocycles. The molecule has 8 heteroatoms. The summed E-state index contributed by atoms with van der Waals surface area (Å²) in [6.45, 7) is 0. The van der Waals surface area contributed by atoms with Crippen molar-refractivity contribution in [3.8, 4) is 17.1 Å². The Labute approximate surface area is 195 Å². The van der Waals surface area contributed by atoms with Crippen LogP contribution in [0.3, 0.4) is 0 Å². The lowest BCUT2D eigenvalue weighted by Crippen LogP contribution is -2.23. The van der Waals surface area contributed by atoms with Crippen LogP contribution >= 0.6 is 0 Å². The summed E-state index contributed by atoms with van der Waals surface area (Å²) in [5.41, 5.74) is 3.35. The van der Waals surface area contributed by atoms with Gasteiger partial charge in [-0.1, -0.05) is 24.3 Å². The van der Waals surface area contributed by atoms with Gasteiger partial charge in [0.1, 0.15) is 5.75 Å². The molecule has 1 aliphatic carbocycles. The first kappa shape index (κ1) is 20.2. The Kier molecular flexibility index (Phi) is 4.83. The van der Waals surface area contributed by atoms with E-state index in [2.05, 4.69) is 15.5 Å². The van der Waals surface area contributed by atoms with Crippen LogP contribution < -0.4 is 15.0 Å². The molecule has 0 unspecified atom stereocenters. The van der Waals surface area contributed by atoms with Gasteiger partial charge in [0.05, 0.1) is 7.11 Å². The van der Waals surface area contributed by atoms with E-state index in [4.69, 9.17) is 9.84 Å². The Hall–Kier alpha value is -4.46. The fourth-order valence-corrected chi connectivity index (χ4v) is 4.16. The maximum Gasteiger partial charge on any atom is 0.214 e. The lowest BCUT2D eigenvalue weighted by Gasteiger charge is -2.17. The van der Waals surface area contributed by atoms with Gasteiger partial charge in [0.2, 0.25) is 6.41 Å². The number of hydrogen-bond acceptors (Lipinski definition) is 6. The molecule has 0 saturated heterocycles. The second kappa shape index (κ2) is 8.15. The third-order valence-electron chi connectivity index (χ3n) is 6.09. The van der Waals surface area contributed by atoms with Crippen molar-refractivity contribution >= 4 is 40.0 Å². The van der Waals surface area contributed by atoms with Gasteiger partial charge in [-0.3, -0.25) is 4.79 Å². The van der Waals surface area contributed by atoms with Crippen molar-refractivity contribution in [2.75, 3.05) is 17.3 Å². The van der Waals surface area contributed by atoms with E-state index in [1.54, 1.807) is 16.5 Å². The van der Waals surface area contributed by atoms with Crippen molar-refractivity contribution in [1.29, 1.82) is 0 Å². The zero-order valence-corrected chi connectivity index (χ0v) is 18.5. The zero-order valence-electron chi connectivity index (χ0n) is 18.5. The number of ether oxygens (including phenoxy) is 1. The average molecular weight is 451 g/mol. The van der Waals surface area contributed by atoms with Crippen LogP contribution in [0.2, 0.25) is 0 Å². The number of nitrogens with zero attached hydrogens (tertiary/aromatic N) is 5. The number of fused-ring (bicyclic) bond motifs is 3. The molecule has 2 heterocycles. The molecular weight excluding hydrogens is 428 g/mol. The molecule has 1 fully saturated rings. The molecule has 2 aromatic heterocycles. The number of carbonyl (C=O) groups excluding carboxylic acids is 1. The molecule has 34 heavy (non-hydrogen) atoms. The predicted octanol–water partition coefficient (Wildman–Crippen LogP) is 4.82. The van der Waals surface area contributed by atoms with Gasteiger partial charge in [-0.15, -0.1) is 15.3 Å². The first-order valence-corrected chi connectivity index (χ1v) is 11.1.